The molecule has 0 radical (unpaired) electrons. The molecule has 0 saturated carbocycles. The van der Waals surface area contributed by atoms with Crippen LogP contribution >= 0.6 is 11.6 Å². The van der Waals surface area contributed by atoms with Crippen molar-refractivity contribution in [2.24, 2.45) is 0 Å². The third-order valence-electron chi connectivity index (χ3n) is 5.02. The summed E-state index contributed by atoms with van der Waals surface area (Å²) in [6.45, 7) is 1.84. The predicted molar refractivity (Wildman–Crippen MR) is 124 cm³/mol. The molecule has 0 atom stereocenters. The molecule has 1 amide bonds. The molecule has 0 bridgehead atoms. The topological polar surface area (TPSA) is 99.8 Å². The van der Waals surface area contributed by atoms with Crippen molar-refractivity contribution >= 4 is 34.4 Å². The first-order valence-electron chi connectivity index (χ1n) is 10.0. The Morgan fingerprint density at radius 3 is 2.73 bits per heavy atom. The average Bonchev–Trinajstić information content (AvgIpc) is 3.42. The number of nitrogens with zero attached hydrogens (tertiary/aromatic N) is 6. The van der Waals surface area contributed by atoms with Gasteiger partial charge in [0.2, 0.25) is 0 Å². The minimum Gasteiger partial charge on any atom is -0.496 e. The Kier molecular flexibility index (Phi) is 5.23. The van der Waals surface area contributed by atoms with Crippen molar-refractivity contribution in [2.45, 2.75) is 6.92 Å². The lowest BCUT2D eigenvalue weighted by atomic mass is 10.2. The van der Waals surface area contributed by atoms with Crippen LogP contribution in [0.2, 0.25) is 5.02 Å². The predicted octanol–water partition coefficient (Wildman–Crippen LogP) is 4.22. The summed E-state index contributed by atoms with van der Waals surface area (Å²) in [6.07, 6.45) is 3.09. The summed E-state index contributed by atoms with van der Waals surface area (Å²) in [7, 11) is 1.52. The first kappa shape index (κ1) is 20.7. The van der Waals surface area contributed by atoms with Crippen LogP contribution in [0.4, 0.5) is 5.82 Å². The molecule has 9 nitrogen and oxygen atoms in total. The average molecular weight is 460 g/mol. The van der Waals surface area contributed by atoms with Crippen LogP contribution in [0.15, 0.2) is 67.1 Å². The monoisotopic (exact) mass is 459 g/mol. The van der Waals surface area contributed by atoms with Gasteiger partial charge in [0, 0.05) is 11.1 Å². The van der Waals surface area contributed by atoms with Crippen molar-refractivity contribution in [3.8, 4) is 17.3 Å². The van der Waals surface area contributed by atoms with E-state index in [4.69, 9.17) is 16.3 Å². The SMILES string of the molecule is COc1ccccc1C(=O)Nc1cc(C)nn1-c1ncnc2c1cnn2-c1cccc(Cl)c1. The summed E-state index contributed by atoms with van der Waals surface area (Å²) in [4.78, 5) is 21.8. The Labute approximate surface area is 193 Å². The molecule has 0 saturated heterocycles. The number of nitrogens with one attached hydrogen (secondary N) is 1. The molecule has 1 N–H and O–H groups in total. The molecule has 0 aliphatic carbocycles. The van der Waals surface area contributed by atoms with E-state index in [0.717, 1.165) is 5.69 Å². The van der Waals surface area contributed by atoms with Crippen LogP contribution in [0.3, 0.4) is 0 Å². The minimum absolute atomic E-state index is 0.325. The second-order valence-electron chi connectivity index (χ2n) is 7.21. The Bertz CT molecular complexity index is 1490. The number of methoxy groups -OCH3 is 1. The van der Waals surface area contributed by atoms with Gasteiger partial charge in [-0.05, 0) is 37.3 Å². The summed E-state index contributed by atoms with van der Waals surface area (Å²) >= 11 is 6.15. The van der Waals surface area contributed by atoms with E-state index in [-0.39, 0.29) is 5.91 Å². The maximum atomic E-state index is 13.0. The summed E-state index contributed by atoms with van der Waals surface area (Å²) in [5.74, 6) is 1.09. The van der Waals surface area contributed by atoms with Crippen molar-refractivity contribution in [1.29, 1.82) is 0 Å². The van der Waals surface area contributed by atoms with Crippen LogP contribution in [-0.4, -0.2) is 42.5 Å². The molecule has 5 aromatic rings. The van der Waals surface area contributed by atoms with Gasteiger partial charge >= 0.3 is 0 Å². The number of fused-ring (bicyclic) bond motifs is 1. The number of hydrogen-bond acceptors (Lipinski definition) is 6. The Morgan fingerprint density at radius 1 is 1.06 bits per heavy atom. The minimum atomic E-state index is -0.325. The van der Waals surface area contributed by atoms with Gasteiger partial charge in [-0.25, -0.2) is 14.6 Å². The largest absolute Gasteiger partial charge is 0.496 e. The molecule has 33 heavy (non-hydrogen) atoms. The summed E-state index contributed by atoms with van der Waals surface area (Å²) < 4.78 is 8.55. The maximum absolute atomic E-state index is 13.0. The number of halogens is 1. The summed E-state index contributed by atoms with van der Waals surface area (Å²) in [5, 5.41) is 13.2. The molecule has 0 spiro atoms. The van der Waals surface area contributed by atoms with E-state index in [1.807, 2.05) is 19.1 Å². The van der Waals surface area contributed by atoms with Gasteiger partial charge in [0.25, 0.3) is 5.91 Å². The molecule has 0 unspecified atom stereocenters. The first-order valence-corrected chi connectivity index (χ1v) is 10.4. The van der Waals surface area contributed by atoms with Crippen molar-refractivity contribution in [2.75, 3.05) is 12.4 Å². The maximum Gasteiger partial charge on any atom is 0.260 e. The Balaban J connectivity index is 1.57. The number of anilines is 1. The van der Waals surface area contributed by atoms with Gasteiger partial charge in [-0.1, -0.05) is 29.8 Å². The van der Waals surface area contributed by atoms with E-state index < -0.39 is 0 Å². The van der Waals surface area contributed by atoms with E-state index in [1.54, 1.807) is 58.0 Å². The molecule has 2 aromatic carbocycles. The number of aryl methyl sites for hydroxylation is 1. The van der Waals surface area contributed by atoms with Gasteiger partial charge in [-0.3, -0.25) is 4.79 Å². The number of rotatable bonds is 5. The van der Waals surface area contributed by atoms with Crippen LogP contribution < -0.4 is 10.1 Å². The summed E-state index contributed by atoms with van der Waals surface area (Å²) in [6, 6.07) is 16.1. The number of carbonyl (C=O) groups is 1. The van der Waals surface area contributed by atoms with Gasteiger partial charge in [0.05, 0.1) is 35.6 Å². The molecule has 0 fully saturated rings. The molecule has 164 valence electrons. The second-order valence-corrected chi connectivity index (χ2v) is 7.64. The van der Waals surface area contributed by atoms with Crippen LogP contribution in [0, 0.1) is 6.92 Å². The van der Waals surface area contributed by atoms with Gasteiger partial charge in [0.1, 0.15) is 17.9 Å². The van der Waals surface area contributed by atoms with Crippen molar-refractivity contribution in [1.82, 2.24) is 29.5 Å². The van der Waals surface area contributed by atoms with E-state index in [1.165, 1.54) is 13.4 Å². The van der Waals surface area contributed by atoms with Crippen LogP contribution in [0.5, 0.6) is 5.75 Å². The Hall–Kier alpha value is -4.24. The number of benzene rings is 2. The smallest absolute Gasteiger partial charge is 0.260 e. The molecule has 0 aliphatic rings. The molecule has 10 heteroatoms. The standard InChI is InChI=1S/C23H18ClN7O2/c1-14-10-20(28-23(32)17-8-3-4-9-19(17)33-2)31(29-14)22-18-12-27-30(21(18)25-13-26-22)16-7-5-6-15(24)11-16/h3-13H,1-2H3,(H,28,32). The third kappa shape index (κ3) is 3.79. The van der Waals surface area contributed by atoms with E-state index in [0.29, 0.717) is 44.7 Å². The lowest BCUT2D eigenvalue weighted by Crippen LogP contribution is -2.16. The highest BCUT2D eigenvalue weighted by Gasteiger charge is 2.19. The zero-order valence-corrected chi connectivity index (χ0v) is 18.5. The van der Waals surface area contributed by atoms with Crippen molar-refractivity contribution in [3.05, 3.63) is 83.4 Å². The Morgan fingerprint density at radius 2 is 1.91 bits per heavy atom. The van der Waals surface area contributed by atoms with Crippen LogP contribution in [0.25, 0.3) is 22.5 Å². The fourth-order valence-electron chi connectivity index (χ4n) is 3.56. The second kappa shape index (κ2) is 8.36. The highest BCUT2D eigenvalue weighted by molar-refractivity contribution is 6.30. The first-order chi connectivity index (χ1) is 16.0. The van der Waals surface area contributed by atoms with Gasteiger partial charge in [-0.15, -0.1) is 0 Å². The normalized spacial score (nSPS) is 11.0. The lowest BCUT2D eigenvalue weighted by molar-refractivity contribution is 0.102. The zero-order valence-electron chi connectivity index (χ0n) is 17.7. The fraction of sp³-hybridized carbons (Fsp3) is 0.0870. The van der Waals surface area contributed by atoms with Crippen molar-refractivity contribution in [3.63, 3.8) is 0 Å². The highest BCUT2D eigenvalue weighted by atomic mass is 35.5. The highest BCUT2D eigenvalue weighted by Crippen LogP contribution is 2.26. The van der Waals surface area contributed by atoms with Gasteiger partial charge in [-0.2, -0.15) is 14.9 Å². The summed E-state index contributed by atoms with van der Waals surface area (Å²) in [5.41, 5.74) is 2.47. The number of ether oxygens (including phenoxy) is 1. The zero-order chi connectivity index (χ0) is 22.9. The third-order valence-corrected chi connectivity index (χ3v) is 5.26. The molecule has 3 heterocycles. The number of carbonyl (C=O) groups excluding carboxylic acids is 1. The molecular weight excluding hydrogens is 442 g/mol. The van der Waals surface area contributed by atoms with E-state index in [9.17, 15) is 4.79 Å². The molecule has 0 aliphatic heterocycles. The number of aromatic nitrogens is 6. The lowest BCUT2D eigenvalue weighted by Gasteiger charge is -2.11. The number of hydrogen-bond donors (Lipinski definition) is 1. The number of para-hydroxylation sites is 1. The quantitative estimate of drug-likeness (QED) is 0.422. The van der Waals surface area contributed by atoms with E-state index in [2.05, 4.69) is 25.5 Å². The fourth-order valence-corrected chi connectivity index (χ4v) is 3.75. The van der Waals surface area contributed by atoms with Crippen LogP contribution in [-0.2, 0) is 0 Å². The van der Waals surface area contributed by atoms with Gasteiger partial charge in [0.15, 0.2) is 11.5 Å². The van der Waals surface area contributed by atoms with Crippen molar-refractivity contribution < 1.29 is 9.53 Å². The van der Waals surface area contributed by atoms with E-state index >= 15 is 0 Å². The molecule has 5 rings (SSSR count). The van der Waals surface area contributed by atoms with Crippen LogP contribution in [0.1, 0.15) is 16.1 Å². The number of amides is 1. The molecule has 3 aromatic heterocycles. The molecular formula is C23H18ClN7O2. The van der Waals surface area contributed by atoms with Gasteiger partial charge < -0.3 is 10.1 Å².